The number of aromatic nitrogens is 3. The van der Waals surface area contributed by atoms with Crippen LogP contribution in [0.4, 0.5) is 0 Å². The zero-order valence-electron chi connectivity index (χ0n) is 17.0. The van der Waals surface area contributed by atoms with Gasteiger partial charge >= 0.3 is 5.97 Å². The van der Waals surface area contributed by atoms with Crippen molar-refractivity contribution in [1.29, 1.82) is 0 Å². The Morgan fingerprint density at radius 1 is 1.10 bits per heavy atom. The van der Waals surface area contributed by atoms with Crippen molar-refractivity contribution in [3.05, 3.63) is 72.6 Å². The molecule has 2 aromatic heterocycles. The number of esters is 1. The second-order valence-electron chi connectivity index (χ2n) is 7.03. The van der Waals surface area contributed by atoms with Gasteiger partial charge in [0.15, 0.2) is 0 Å². The van der Waals surface area contributed by atoms with Crippen molar-refractivity contribution in [2.75, 3.05) is 13.7 Å². The van der Waals surface area contributed by atoms with Crippen LogP contribution in [-0.2, 0) is 9.53 Å². The molecule has 0 aliphatic carbocycles. The quantitative estimate of drug-likeness (QED) is 0.331. The molecule has 0 fully saturated rings. The Morgan fingerprint density at radius 3 is 2.67 bits per heavy atom. The lowest BCUT2D eigenvalue weighted by Crippen LogP contribution is -2.04. The molecular weight excluding hydrogens is 378 g/mol. The topological polar surface area (TPSA) is 66.2 Å². The summed E-state index contributed by atoms with van der Waals surface area (Å²) >= 11 is 0. The standard InChI is InChI=1S/C24H23N3O3/c1-17-7-9-19(10-8-17)27-22-15-20(30-14-4-6-23(28)29-2)11-12-21(22)26-24(27)18-5-3-13-25-16-18/h3,5,7-13,15-16H,4,6,14H2,1-2H3. The van der Waals surface area contributed by atoms with Crippen LogP contribution in [0.1, 0.15) is 18.4 Å². The Morgan fingerprint density at radius 2 is 1.93 bits per heavy atom. The number of ether oxygens (including phenoxy) is 2. The molecule has 4 rings (SSSR count). The van der Waals surface area contributed by atoms with Gasteiger partial charge in [-0.3, -0.25) is 14.3 Å². The summed E-state index contributed by atoms with van der Waals surface area (Å²) in [5.41, 5.74) is 4.97. The number of carbonyl (C=O) groups excluding carboxylic acids is 1. The molecule has 0 aliphatic heterocycles. The van der Waals surface area contributed by atoms with Gasteiger partial charge in [-0.25, -0.2) is 4.98 Å². The van der Waals surface area contributed by atoms with E-state index in [1.54, 1.807) is 6.20 Å². The maximum atomic E-state index is 11.3. The molecule has 0 atom stereocenters. The second kappa shape index (κ2) is 8.78. The fraction of sp³-hybridized carbons (Fsp3) is 0.208. The van der Waals surface area contributed by atoms with Crippen LogP contribution >= 0.6 is 0 Å². The van der Waals surface area contributed by atoms with Crippen molar-refractivity contribution in [2.24, 2.45) is 0 Å². The van der Waals surface area contributed by atoms with Crippen molar-refractivity contribution in [2.45, 2.75) is 19.8 Å². The summed E-state index contributed by atoms with van der Waals surface area (Å²) in [6.07, 6.45) is 4.51. The monoisotopic (exact) mass is 401 g/mol. The minimum absolute atomic E-state index is 0.229. The van der Waals surface area contributed by atoms with Crippen LogP contribution in [0.5, 0.6) is 5.75 Å². The van der Waals surface area contributed by atoms with E-state index in [2.05, 4.69) is 45.5 Å². The lowest BCUT2D eigenvalue weighted by molar-refractivity contribution is -0.140. The zero-order chi connectivity index (χ0) is 20.9. The predicted molar refractivity (Wildman–Crippen MR) is 116 cm³/mol. The van der Waals surface area contributed by atoms with Crippen molar-refractivity contribution in [3.63, 3.8) is 0 Å². The van der Waals surface area contributed by atoms with Gasteiger partial charge in [0.1, 0.15) is 11.6 Å². The van der Waals surface area contributed by atoms with Gasteiger partial charge in [-0.1, -0.05) is 17.7 Å². The largest absolute Gasteiger partial charge is 0.494 e. The number of imidazole rings is 1. The average molecular weight is 401 g/mol. The molecule has 6 heteroatoms. The molecule has 0 N–H and O–H groups in total. The highest BCUT2D eigenvalue weighted by molar-refractivity contribution is 5.84. The number of hydrogen-bond acceptors (Lipinski definition) is 5. The molecule has 0 saturated carbocycles. The van der Waals surface area contributed by atoms with Gasteiger partial charge in [-0.05, 0) is 49.7 Å². The summed E-state index contributed by atoms with van der Waals surface area (Å²) in [6.45, 7) is 2.51. The third-order valence-electron chi connectivity index (χ3n) is 4.86. The molecule has 0 amide bonds. The fourth-order valence-corrected chi connectivity index (χ4v) is 3.30. The summed E-state index contributed by atoms with van der Waals surface area (Å²) in [5, 5.41) is 0. The van der Waals surface area contributed by atoms with Gasteiger partial charge < -0.3 is 9.47 Å². The average Bonchev–Trinajstić information content (AvgIpc) is 3.16. The summed E-state index contributed by atoms with van der Waals surface area (Å²) in [6, 6.07) is 18.1. The number of hydrogen-bond donors (Lipinski definition) is 0. The van der Waals surface area contributed by atoms with Gasteiger partial charge in [-0.2, -0.15) is 0 Å². The normalized spacial score (nSPS) is 10.9. The summed E-state index contributed by atoms with van der Waals surface area (Å²) in [5.74, 6) is 1.33. The molecular formula is C24H23N3O3. The van der Waals surface area contributed by atoms with Crippen molar-refractivity contribution >= 4 is 17.0 Å². The highest BCUT2D eigenvalue weighted by Crippen LogP contribution is 2.30. The van der Waals surface area contributed by atoms with E-state index in [-0.39, 0.29) is 5.97 Å². The number of benzene rings is 2. The summed E-state index contributed by atoms with van der Waals surface area (Å²) in [4.78, 5) is 20.4. The first-order chi connectivity index (χ1) is 14.7. The number of fused-ring (bicyclic) bond motifs is 1. The maximum absolute atomic E-state index is 11.3. The van der Waals surface area contributed by atoms with Gasteiger partial charge in [0.05, 0.1) is 24.8 Å². The number of aryl methyl sites for hydroxylation is 1. The van der Waals surface area contributed by atoms with Crippen LogP contribution in [0.3, 0.4) is 0 Å². The van der Waals surface area contributed by atoms with Crippen molar-refractivity contribution < 1.29 is 14.3 Å². The van der Waals surface area contributed by atoms with E-state index in [1.165, 1.54) is 12.7 Å². The molecule has 0 unspecified atom stereocenters. The van der Waals surface area contributed by atoms with E-state index in [4.69, 9.17) is 9.72 Å². The first-order valence-electron chi connectivity index (χ1n) is 9.85. The summed E-state index contributed by atoms with van der Waals surface area (Å²) < 4.78 is 12.7. The highest BCUT2D eigenvalue weighted by Gasteiger charge is 2.15. The molecule has 0 spiro atoms. The number of rotatable bonds is 7. The van der Waals surface area contributed by atoms with Gasteiger partial charge in [-0.15, -0.1) is 0 Å². The van der Waals surface area contributed by atoms with E-state index in [0.29, 0.717) is 19.4 Å². The predicted octanol–water partition coefficient (Wildman–Crippen LogP) is 4.73. The fourth-order valence-electron chi connectivity index (χ4n) is 3.30. The Labute approximate surface area is 175 Å². The van der Waals surface area contributed by atoms with Gasteiger partial charge in [0.25, 0.3) is 0 Å². The molecule has 2 aromatic carbocycles. The van der Waals surface area contributed by atoms with Crippen LogP contribution in [0, 0.1) is 6.92 Å². The molecule has 0 radical (unpaired) electrons. The van der Waals surface area contributed by atoms with Crippen molar-refractivity contribution in [1.82, 2.24) is 14.5 Å². The summed E-state index contributed by atoms with van der Waals surface area (Å²) in [7, 11) is 1.39. The number of methoxy groups -OCH3 is 1. The Hall–Kier alpha value is -3.67. The molecule has 0 bridgehead atoms. The van der Waals surface area contributed by atoms with E-state index in [0.717, 1.165) is 33.9 Å². The van der Waals surface area contributed by atoms with Crippen molar-refractivity contribution in [3.8, 4) is 22.8 Å². The Balaban J connectivity index is 1.72. The van der Waals surface area contributed by atoms with Crippen LogP contribution < -0.4 is 4.74 Å². The molecule has 0 saturated heterocycles. The smallest absolute Gasteiger partial charge is 0.305 e. The minimum Gasteiger partial charge on any atom is -0.494 e. The molecule has 152 valence electrons. The number of pyridine rings is 1. The van der Waals surface area contributed by atoms with Gasteiger partial charge in [0, 0.05) is 36.1 Å². The van der Waals surface area contributed by atoms with E-state index in [9.17, 15) is 4.79 Å². The van der Waals surface area contributed by atoms with Crippen LogP contribution in [0.25, 0.3) is 28.1 Å². The van der Waals surface area contributed by atoms with Crippen LogP contribution in [0.15, 0.2) is 67.0 Å². The molecule has 6 nitrogen and oxygen atoms in total. The van der Waals surface area contributed by atoms with E-state index >= 15 is 0 Å². The zero-order valence-corrected chi connectivity index (χ0v) is 17.0. The van der Waals surface area contributed by atoms with Crippen LogP contribution in [0.2, 0.25) is 0 Å². The molecule has 0 aliphatic rings. The van der Waals surface area contributed by atoms with E-state index < -0.39 is 0 Å². The second-order valence-corrected chi connectivity index (χ2v) is 7.03. The van der Waals surface area contributed by atoms with Gasteiger partial charge in [0.2, 0.25) is 0 Å². The first-order valence-corrected chi connectivity index (χ1v) is 9.85. The van der Waals surface area contributed by atoms with E-state index in [1.807, 2.05) is 36.5 Å². The number of carbonyl (C=O) groups is 1. The molecule has 30 heavy (non-hydrogen) atoms. The molecule has 2 heterocycles. The Bertz CT molecular complexity index is 1150. The third-order valence-corrected chi connectivity index (χ3v) is 4.86. The molecule has 4 aromatic rings. The first kappa shape index (κ1) is 19.6. The maximum Gasteiger partial charge on any atom is 0.305 e. The Kier molecular flexibility index (Phi) is 5.75. The highest BCUT2D eigenvalue weighted by atomic mass is 16.5. The lowest BCUT2D eigenvalue weighted by atomic mass is 10.2. The minimum atomic E-state index is -0.229. The van der Waals surface area contributed by atoms with Crippen LogP contribution in [-0.4, -0.2) is 34.2 Å². The lowest BCUT2D eigenvalue weighted by Gasteiger charge is -2.11. The number of nitrogens with zero attached hydrogens (tertiary/aromatic N) is 3. The third kappa shape index (κ3) is 4.17. The SMILES string of the molecule is COC(=O)CCCOc1ccc2nc(-c3cccnc3)n(-c3ccc(C)cc3)c2c1.